The lowest BCUT2D eigenvalue weighted by Crippen LogP contribution is -2.30. The molecule has 0 aliphatic carbocycles. The van der Waals surface area contributed by atoms with E-state index in [0.717, 1.165) is 70.1 Å². The van der Waals surface area contributed by atoms with Gasteiger partial charge in [-0.1, -0.05) is 246 Å². The molecule has 0 fully saturated rings. The van der Waals surface area contributed by atoms with Gasteiger partial charge in [-0.05, 0) is 25.2 Å². The summed E-state index contributed by atoms with van der Waals surface area (Å²) in [4.78, 5) is 37.6. The highest BCUT2D eigenvalue weighted by atomic mass is 16.6. The molecule has 0 saturated heterocycles. The van der Waals surface area contributed by atoms with Crippen LogP contribution in [0.4, 0.5) is 0 Å². The molecule has 2 atom stereocenters. The van der Waals surface area contributed by atoms with Crippen LogP contribution in [0.15, 0.2) is 0 Å². The quantitative estimate of drug-likeness (QED) is 0.0346. The van der Waals surface area contributed by atoms with Crippen molar-refractivity contribution in [1.82, 2.24) is 0 Å². The smallest absolute Gasteiger partial charge is 0.306 e. The number of esters is 3. The molecule has 6 heteroatoms. The Bertz CT molecular complexity index is 859. The van der Waals surface area contributed by atoms with Crippen molar-refractivity contribution in [3.05, 3.63) is 0 Å². The Hall–Kier alpha value is -1.59. The number of unbranched alkanes of at least 4 members (excludes halogenated alkanes) is 32. The van der Waals surface area contributed by atoms with E-state index >= 15 is 0 Å². The zero-order valence-corrected chi connectivity index (χ0v) is 38.8. The second kappa shape index (κ2) is 45.5. The Labute approximate surface area is 355 Å². The first kappa shape index (κ1) is 55.4. The number of hydrogen-bond acceptors (Lipinski definition) is 6. The van der Waals surface area contributed by atoms with Crippen LogP contribution in [0.3, 0.4) is 0 Å². The highest BCUT2D eigenvalue weighted by molar-refractivity contribution is 5.71. The first-order valence-corrected chi connectivity index (χ1v) is 25.4. The summed E-state index contributed by atoms with van der Waals surface area (Å²) >= 11 is 0. The minimum absolute atomic E-state index is 0.0639. The molecule has 0 spiro atoms. The molecule has 0 radical (unpaired) electrons. The summed E-state index contributed by atoms with van der Waals surface area (Å²) in [6.07, 6.45) is 46.8. The summed E-state index contributed by atoms with van der Waals surface area (Å²) < 4.78 is 16.7. The molecule has 0 aromatic rings. The average Bonchev–Trinajstić information content (AvgIpc) is 3.21. The molecule has 57 heavy (non-hydrogen) atoms. The van der Waals surface area contributed by atoms with Crippen LogP contribution >= 0.6 is 0 Å². The zero-order chi connectivity index (χ0) is 41.7. The van der Waals surface area contributed by atoms with Gasteiger partial charge in [-0.2, -0.15) is 0 Å². The van der Waals surface area contributed by atoms with Crippen molar-refractivity contribution in [2.45, 2.75) is 291 Å². The molecule has 0 rings (SSSR count). The lowest BCUT2D eigenvalue weighted by atomic mass is 9.99. The van der Waals surface area contributed by atoms with Gasteiger partial charge in [-0.3, -0.25) is 14.4 Å². The third kappa shape index (κ3) is 43.8. The monoisotopic (exact) mass is 807 g/mol. The van der Waals surface area contributed by atoms with Gasteiger partial charge in [0.05, 0.1) is 0 Å². The van der Waals surface area contributed by atoms with Crippen LogP contribution in [-0.2, 0) is 28.6 Å². The SMILES string of the molecule is CCCCCCCCCCCCCCCCCCC(=O)OC[C@H](COC(=O)CCCCCCC)OC(=O)CCCCCCCCCCCCCCCCC(C)CC. The third-order valence-corrected chi connectivity index (χ3v) is 11.9. The highest BCUT2D eigenvalue weighted by Crippen LogP contribution is 2.18. The van der Waals surface area contributed by atoms with Gasteiger partial charge in [0.1, 0.15) is 13.2 Å². The van der Waals surface area contributed by atoms with E-state index in [-0.39, 0.29) is 31.1 Å². The summed E-state index contributed by atoms with van der Waals surface area (Å²) in [5.41, 5.74) is 0. The van der Waals surface area contributed by atoms with Gasteiger partial charge in [0.15, 0.2) is 6.10 Å². The van der Waals surface area contributed by atoms with Gasteiger partial charge >= 0.3 is 17.9 Å². The normalized spacial score (nSPS) is 12.4. The fourth-order valence-electron chi connectivity index (χ4n) is 7.66. The van der Waals surface area contributed by atoms with E-state index in [9.17, 15) is 14.4 Å². The summed E-state index contributed by atoms with van der Waals surface area (Å²) in [6, 6.07) is 0. The van der Waals surface area contributed by atoms with Crippen molar-refractivity contribution in [3.63, 3.8) is 0 Å². The van der Waals surface area contributed by atoms with Gasteiger partial charge in [0.2, 0.25) is 0 Å². The van der Waals surface area contributed by atoms with Crippen molar-refractivity contribution in [3.8, 4) is 0 Å². The maximum absolute atomic E-state index is 12.7. The summed E-state index contributed by atoms with van der Waals surface area (Å²) in [6.45, 7) is 8.99. The van der Waals surface area contributed by atoms with Crippen molar-refractivity contribution in [2.75, 3.05) is 13.2 Å². The fraction of sp³-hybridized carbons (Fsp3) is 0.941. The second-order valence-corrected chi connectivity index (χ2v) is 17.7. The van der Waals surface area contributed by atoms with Crippen molar-refractivity contribution in [1.29, 1.82) is 0 Å². The molecule has 1 unspecified atom stereocenters. The Morgan fingerprint density at radius 2 is 0.614 bits per heavy atom. The lowest BCUT2D eigenvalue weighted by molar-refractivity contribution is -0.167. The molecule has 0 heterocycles. The Kier molecular flexibility index (Phi) is 44.2. The van der Waals surface area contributed by atoms with Gasteiger partial charge < -0.3 is 14.2 Å². The summed E-state index contributed by atoms with van der Waals surface area (Å²) in [5.74, 6) is 0.0343. The molecule has 338 valence electrons. The molecule has 0 aromatic heterocycles. The standard InChI is InChI=1S/C51H98O6/c1-5-8-10-12-13-14-15-16-17-18-22-25-28-31-35-39-43-50(53)56-46-48(45-55-49(52)42-38-33-11-9-6-2)57-51(54)44-40-36-32-29-26-23-20-19-21-24-27-30-34-37-41-47(4)7-3/h47-48H,5-46H2,1-4H3/t47?,48-/m0/s1. The highest BCUT2D eigenvalue weighted by Gasteiger charge is 2.19. The molecular formula is C51H98O6. The van der Waals surface area contributed by atoms with E-state index in [1.54, 1.807) is 0 Å². The Morgan fingerprint density at radius 1 is 0.351 bits per heavy atom. The summed E-state index contributed by atoms with van der Waals surface area (Å²) in [7, 11) is 0. The molecule has 0 bridgehead atoms. The molecule has 0 aliphatic rings. The number of ether oxygens (including phenoxy) is 3. The van der Waals surface area contributed by atoms with E-state index in [2.05, 4.69) is 27.7 Å². The van der Waals surface area contributed by atoms with Crippen LogP contribution in [0.2, 0.25) is 0 Å². The summed E-state index contributed by atoms with van der Waals surface area (Å²) in [5, 5.41) is 0. The van der Waals surface area contributed by atoms with E-state index in [1.165, 1.54) is 173 Å². The number of carbonyl (C=O) groups is 3. The fourth-order valence-corrected chi connectivity index (χ4v) is 7.66. The first-order valence-electron chi connectivity index (χ1n) is 25.4. The van der Waals surface area contributed by atoms with E-state index < -0.39 is 6.10 Å². The maximum atomic E-state index is 12.7. The van der Waals surface area contributed by atoms with Crippen molar-refractivity contribution >= 4 is 17.9 Å². The Morgan fingerprint density at radius 3 is 0.912 bits per heavy atom. The topological polar surface area (TPSA) is 78.9 Å². The number of rotatable bonds is 46. The molecular weight excluding hydrogens is 709 g/mol. The lowest BCUT2D eigenvalue weighted by Gasteiger charge is -2.18. The zero-order valence-electron chi connectivity index (χ0n) is 38.8. The van der Waals surface area contributed by atoms with Crippen molar-refractivity contribution < 1.29 is 28.6 Å². The van der Waals surface area contributed by atoms with Crippen LogP contribution in [0.25, 0.3) is 0 Å². The van der Waals surface area contributed by atoms with Crippen LogP contribution in [-0.4, -0.2) is 37.2 Å². The predicted octanol–water partition coefficient (Wildman–Crippen LogP) is 16.3. The van der Waals surface area contributed by atoms with Crippen LogP contribution in [0.5, 0.6) is 0 Å². The van der Waals surface area contributed by atoms with Crippen LogP contribution in [0, 0.1) is 5.92 Å². The number of hydrogen-bond donors (Lipinski definition) is 0. The van der Waals surface area contributed by atoms with E-state index in [1.807, 2.05) is 0 Å². The van der Waals surface area contributed by atoms with E-state index in [0.29, 0.717) is 19.3 Å². The molecule has 0 aromatic carbocycles. The first-order chi connectivity index (χ1) is 27.9. The third-order valence-electron chi connectivity index (χ3n) is 11.9. The number of carbonyl (C=O) groups excluding carboxylic acids is 3. The van der Waals surface area contributed by atoms with Crippen molar-refractivity contribution in [2.24, 2.45) is 5.92 Å². The largest absolute Gasteiger partial charge is 0.462 e. The molecule has 0 aliphatic heterocycles. The van der Waals surface area contributed by atoms with Gasteiger partial charge in [0.25, 0.3) is 0 Å². The second-order valence-electron chi connectivity index (χ2n) is 17.7. The minimum atomic E-state index is -0.758. The molecule has 6 nitrogen and oxygen atoms in total. The van der Waals surface area contributed by atoms with Gasteiger partial charge in [0, 0.05) is 19.3 Å². The van der Waals surface area contributed by atoms with E-state index in [4.69, 9.17) is 14.2 Å². The van der Waals surface area contributed by atoms with Gasteiger partial charge in [-0.15, -0.1) is 0 Å². The molecule has 0 N–H and O–H groups in total. The Balaban J connectivity index is 4.12. The average molecular weight is 807 g/mol. The maximum Gasteiger partial charge on any atom is 0.306 e. The minimum Gasteiger partial charge on any atom is -0.462 e. The molecule has 0 saturated carbocycles. The van der Waals surface area contributed by atoms with Crippen LogP contribution in [0.1, 0.15) is 285 Å². The molecule has 0 amide bonds. The predicted molar refractivity (Wildman–Crippen MR) is 243 cm³/mol. The van der Waals surface area contributed by atoms with Crippen LogP contribution < -0.4 is 0 Å². The van der Waals surface area contributed by atoms with Gasteiger partial charge in [-0.25, -0.2) is 0 Å².